The quantitative estimate of drug-likeness (QED) is 0.304. The van der Waals surface area contributed by atoms with E-state index in [1.807, 2.05) is 0 Å². The van der Waals surface area contributed by atoms with E-state index in [0.29, 0.717) is 22.3 Å². The van der Waals surface area contributed by atoms with Gasteiger partial charge in [-0.1, -0.05) is 0 Å². The predicted octanol–water partition coefficient (Wildman–Crippen LogP) is -0.421. The summed E-state index contributed by atoms with van der Waals surface area (Å²) in [5.74, 6) is 0. The van der Waals surface area contributed by atoms with Crippen LogP contribution in [0.15, 0.2) is 34.9 Å². The van der Waals surface area contributed by atoms with Crippen LogP contribution in [0.4, 0.5) is 0 Å². The van der Waals surface area contributed by atoms with Gasteiger partial charge in [-0.05, 0) is 25.7 Å². The molecule has 180 valence electrons. The average Bonchev–Trinajstić information content (AvgIpc) is 3.64. The Kier molecular flexibility index (Phi) is 6.19. The Morgan fingerprint density at radius 3 is 1.59 bits per heavy atom. The number of fused-ring (bicyclic) bond motifs is 2. The zero-order chi connectivity index (χ0) is 23.7. The molecule has 0 spiro atoms. The summed E-state index contributed by atoms with van der Waals surface area (Å²) in [5.41, 5.74) is 1.12. The smallest absolute Gasteiger partial charge is 0.278 e. The summed E-state index contributed by atoms with van der Waals surface area (Å²) in [6.07, 6.45) is 8.28. The largest absolute Gasteiger partial charge is 0.394 e. The lowest BCUT2D eigenvalue weighted by Gasteiger charge is -2.13. The number of aromatic amines is 2. The van der Waals surface area contributed by atoms with E-state index < -0.39 is 0 Å². The van der Waals surface area contributed by atoms with Crippen molar-refractivity contribution >= 4 is 22.3 Å². The molecule has 0 unspecified atom stereocenters. The molecular weight excluding hydrogens is 448 g/mol. The molecule has 4 aromatic heterocycles. The van der Waals surface area contributed by atoms with Crippen LogP contribution < -0.4 is 11.1 Å². The number of aromatic nitrogens is 8. The summed E-state index contributed by atoms with van der Waals surface area (Å²) in [6, 6.07) is 0. The number of hydrogen-bond donors (Lipinski definition) is 4. The summed E-state index contributed by atoms with van der Waals surface area (Å²) < 4.78 is 14.7. The van der Waals surface area contributed by atoms with Crippen molar-refractivity contribution in [2.24, 2.45) is 0 Å². The normalized spacial score (nSPS) is 24.5. The van der Waals surface area contributed by atoms with Crippen LogP contribution in [0.5, 0.6) is 0 Å². The van der Waals surface area contributed by atoms with E-state index in [1.54, 1.807) is 21.8 Å². The molecule has 6 rings (SSSR count). The Morgan fingerprint density at radius 2 is 1.21 bits per heavy atom. The zero-order valence-corrected chi connectivity index (χ0v) is 18.1. The van der Waals surface area contributed by atoms with Gasteiger partial charge in [0.2, 0.25) is 0 Å². The fourth-order valence-electron chi connectivity index (χ4n) is 4.20. The van der Waals surface area contributed by atoms with Crippen molar-refractivity contribution in [1.29, 1.82) is 0 Å². The third-order valence-corrected chi connectivity index (χ3v) is 5.93. The number of aliphatic hydroxyl groups is 2. The Hall–Kier alpha value is -3.46. The number of rotatable bonds is 4. The standard InChI is InChI=1S/2C10H12N4O3/c2*15-3-6-1-2-7(17-6)14-5-13-8-9(14)11-4-12-10(8)16/h2*4-7,15H,1-3H2,(H,11,12,16)/t2*6-,7+/m00/s1. The van der Waals surface area contributed by atoms with Crippen molar-refractivity contribution in [1.82, 2.24) is 39.0 Å². The van der Waals surface area contributed by atoms with Gasteiger partial charge >= 0.3 is 0 Å². The molecule has 14 heteroatoms. The summed E-state index contributed by atoms with van der Waals surface area (Å²) in [7, 11) is 0. The second-order valence-electron chi connectivity index (χ2n) is 8.06. The highest BCUT2D eigenvalue weighted by Gasteiger charge is 2.28. The minimum absolute atomic E-state index is 0.0111. The Balaban J connectivity index is 0.000000142. The van der Waals surface area contributed by atoms with Crippen molar-refractivity contribution in [2.45, 2.75) is 50.3 Å². The first-order valence-corrected chi connectivity index (χ1v) is 10.9. The molecule has 34 heavy (non-hydrogen) atoms. The first-order chi connectivity index (χ1) is 16.6. The summed E-state index contributed by atoms with van der Waals surface area (Å²) in [4.78, 5) is 44.2. The highest BCUT2D eigenvalue weighted by molar-refractivity contribution is 5.69. The van der Waals surface area contributed by atoms with Crippen LogP contribution >= 0.6 is 0 Å². The molecule has 0 aliphatic carbocycles. The number of hydrogen-bond acceptors (Lipinski definition) is 10. The molecule has 0 aromatic carbocycles. The third kappa shape index (κ3) is 4.11. The van der Waals surface area contributed by atoms with Crippen LogP contribution in [0.3, 0.4) is 0 Å². The zero-order valence-electron chi connectivity index (χ0n) is 18.1. The van der Waals surface area contributed by atoms with E-state index in [2.05, 4.69) is 29.9 Å². The molecule has 2 saturated heterocycles. The number of aliphatic hydroxyl groups excluding tert-OH is 2. The molecule has 14 nitrogen and oxygen atoms in total. The first-order valence-electron chi connectivity index (χ1n) is 10.9. The van der Waals surface area contributed by atoms with Gasteiger partial charge in [-0.3, -0.25) is 18.7 Å². The number of H-pyrrole nitrogens is 2. The minimum atomic E-state index is -0.259. The maximum atomic E-state index is 11.5. The number of nitrogens with one attached hydrogen (secondary N) is 2. The molecule has 0 saturated carbocycles. The lowest BCUT2D eigenvalue weighted by Crippen LogP contribution is -2.14. The van der Waals surface area contributed by atoms with Gasteiger partial charge in [0.15, 0.2) is 22.3 Å². The van der Waals surface area contributed by atoms with Crippen LogP contribution in [0.2, 0.25) is 0 Å². The second kappa shape index (κ2) is 9.42. The van der Waals surface area contributed by atoms with Crippen LogP contribution in [0.1, 0.15) is 38.1 Å². The van der Waals surface area contributed by atoms with Crippen molar-refractivity contribution in [3.63, 3.8) is 0 Å². The van der Waals surface area contributed by atoms with Crippen molar-refractivity contribution in [3.8, 4) is 0 Å². The summed E-state index contributed by atoms with van der Waals surface area (Å²) in [5, 5.41) is 18.0. The molecule has 2 aliphatic rings. The topological polar surface area (TPSA) is 186 Å². The maximum absolute atomic E-state index is 11.5. The number of ether oxygens (including phenoxy) is 2. The van der Waals surface area contributed by atoms with Gasteiger partial charge in [-0.25, -0.2) is 19.9 Å². The predicted molar refractivity (Wildman–Crippen MR) is 117 cm³/mol. The molecule has 0 bridgehead atoms. The van der Waals surface area contributed by atoms with Crippen molar-refractivity contribution < 1.29 is 19.7 Å². The van der Waals surface area contributed by atoms with Crippen molar-refractivity contribution in [2.75, 3.05) is 13.2 Å². The van der Waals surface area contributed by atoms with Gasteiger partial charge in [-0.2, -0.15) is 0 Å². The molecule has 4 aromatic rings. The highest BCUT2D eigenvalue weighted by atomic mass is 16.5. The molecule has 4 N–H and O–H groups in total. The lowest BCUT2D eigenvalue weighted by molar-refractivity contribution is -0.0207. The van der Waals surface area contributed by atoms with Gasteiger partial charge < -0.3 is 29.7 Å². The lowest BCUT2D eigenvalue weighted by atomic mass is 10.2. The molecule has 4 atom stereocenters. The molecule has 0 radical (unpaired) electrons. The van der Waals surface area contributed by atoms with E-state index in [1.165, 1.54) is 12.7 Å². The molecule has 0 amide bonds. The van der Waals surface area contributed by atoms with E-state index in [9.17, 15) is 9.59 Å². The third-order valence-electron chi connectivity index (χ3n) is 5.93. The van der Waals surface area contributed by atoms with Gasteiger partial charge in [-0.15, -0.1) is 0 Å². The SMILES string of the molecule is O=c1[nH]cnc2c1ncn2[C@H]1CC[C@@H](CO)O1.O=c1[nH]cnc2c1ncn2[C@H]1CC[C@@H](CO)O1. The van der Waals surface area contributed by atoms with E-state index in [0.717, 1.165) is 25.7 Å². The van der Waals surface area contributed by atoms with Gasteiger partial charge in [0, 0.05) is 0 Å². The number of nitrogens with zero attached hydrogens (tertiary/aromatic N) is 6. The molecule has 2 fully saturated rings. The summed E-state index contributed by atoms with van der Waals surface area (Å²) in [6.45, 7) is 0.0221. The summed E-state index contributed by atoms with van der Waals surface area (Å²) >= 11 is 0. The van der Waals surface area contributed by atoms with Gasteiger partial charge in [0.05, 0.1) is 50.7 Å². The Morgan fingerprint density at radius 1 is 0.765 bits per heavy atom. The van der Waals surface area contributed by atoms with Crippen molar-refractivity contribution in [3.05, 3.63) is 46.0 Å². The molecular formula is C20H24N8O6. The molecule has 6 heterocycles. The first kappa shape index (κ1) is 22.3. The van der Waals surface area contributed by atoms with Crippen LogP contribution in [0, 0.1) is 0 Å². The Bertz CT molecular complexity index is 1290. The highest BCUT2D eigenvalue weighted by Crippen LogP contribution is 2.30. The average molecular weight is 472 g/mol. The number of imidazole rings is 2. The van der Waals surface area contributed by atoms with Crippen LogP contribution in [0.25, 0.3) is 22.3 Å². The fraction of sp³-hybridized carbons (Fsp3) is 0.500. The maximum Gasteiger partial charge on any atom is 0.278 e. The van der Waals surface area contributed by atoms with Crippen LogP contribution in [-0.4, -0.2) is 74.7 Å². The van der Waals surface area contributed by atoms with Crippen LogP contribution in [-0.2, 0) is 9.47 Å². The second-order valence-corrected chi connectivity index (χ2v) is 8.06. The van der Waals surface area contributed by atoms with E-state index >= 15 is 0 Å². The van der Waals surface area contributed by atoms with Gasteiger partial charge in [0.25, 0.3) is 11.1 Å². The van der Waals surface area contributed by atoms with E-state index in [4.69, 9.17) is 19.7 Å². The fourth-order valence-corrected chi connectivity index (χ4v) is 4.20. The monoisotopic (exact) mass is 472 g/mol. The van der Waals surface area contributed by atoms with E-state index in [-0.39, 0.29) is 49.0 Å². The molecule has 2 aliphatic heterocycles. The van der Waals surface area contributed by atoms with Gasteiger partial charge in [0.1, 0.15) is 12.5 Å². The Labute approximate surface area is 191 Å². The minimum Gasteiger partial charge on any atom is -0.394 e.